The summed E-state index contributed by atoms with van der Waals surface area (Å²) in [5.74, 6) is -0.876. The van der Waals surface area contributed by atoms with Crippen LogP contribution >= 0.6 is 0 Å². The molecule has 166 valence electrons. The summed E-state index contributed by atoms with van der Waals surface area (Å²) in [5, 5.41) is 12.2. The molecule has 2 amide bonds. The molecule has 0 radical (unpaired) electrons. The van der Waals surface area contributed by atoms with E-state index in [9.17, 15) is 14.7 Å². The first-order valence-corrected chi connectivity index (χ1v) is 24.1. The number of hydrogen-bond donors (Lipinski definition) is 4. The van der Waals surface area contributed by atoms with E-state index in [1.165, 1.54) is 0 Å². The van der Waals surface area contributed by atoms with Gasteiger partial charge in [-0.05, 0) is 10.2 Å². The molecule has 0 aliphatic carbocycles. The molecule has 0 rings (SSSR count). The second-order valence-electron chi connectivity index (χ2n) is 12.3. The Kier molecular flexibility index (Phi) is 7.89. The number of amides is 2. The molecule has 0 fully saturated rings. The van der Waals surface area contributed by atoms with E-state index in [4.69, 9.17) is 11.5 Å². The average Bonchev–Trinajstić information content (AvgIpc) is 2.36. The summed E-state index contributed by atoms with van der Waals surface area (Å²) in [5.41, 5.74) is 12.7. The van der Waals surface area contributed by atoms with Crippen LogP contribution in [0.1, 0.15) is 0 Å². The predicted octanol–water partition coefficient (Wildman–Crippen LogP) is 3.98. The van der Waals surface area contributed by atoms with Crippen LogP contribution in [0.2, 0.25) is 88.8 Å². The minimum atomic E-state index is -2.40. The number of nitrogens with one attached hydrogen (secondary N) is 1. The van der Waals surface area contributed by atoms with Gasteiger partial charge in [0.05, 0.1) is 24.2 Å². The fourth-order valence-corrected chi connectivity index (χ4v) is 34.0. The molecule has 0 spiro atoms. The molecule has 0 bridgehead atoms. The smallest absolute Gasteiger partial charge is 0.320 e. The van der Waals surface area contributed by atoms with Crippen molar-refractivity contribution >= 4 is 44.3 Å². The normalized spacial score (nSPS) is 17.6. The van der Waals surface area contributed by atoms with Gasteiger partial charge in [-0.2, -0.15) is 0 Å². The molecule has 6 nitrogen and oxygen atoms in total. The molecular formula is C18H45N3O3Si4. The lowest BCUT2D eigenvalue weighted by Gasteiger charge is -2.68. The first-order valence-electron chi connectivity index (χ1n) is 10.0. The zero-order valence-electron chi connectivity index (χ0n) is 20.2. The van der Waals surface area contributed by atoms with Crippen LogP contribution in [-0.4, -0.2) is 61.1 Å². The van der Waals surface area contributed by atoms with Crippen molar-refractivity contribution in [2.75, 3.05) is 6.54 Å². The molecule has 0 saturated carbocycles. The van der Waals surface area contributed by atoms with Gasteiger partial charge in [0.2, 0.25) is 0 Å². The van der Waals surface area contributed by atoms with Crippen molar-refractivity contribution in [2.24, 2.45) is 11.5 Å². The fourth-order valence-electron chi connectivity index (χ4n) is 6.02. The van der Waals surface area contributed by atoms with Crippen LogP contribution < -0.4 is 16.8 Å². The predicted molar refractivity (Wildman–Crippen MR) is 132 cm³/mol. The van der Waals surface area contributed by atoms with Gasteiger partial charge in [-0.3, -0.25) is 4.79 Å². The first-order chi connectivity index (χ1) is 12.0. The lowest BCUT2D eigenvalue weighted by atomic mass is 10.1. The molecule has 6 N–H and O–H groups in total. The van der Waals surface area contributed by atoms with Crippen LogP contribution in [0.5, 0.6) is 0 Å². The summed E-state index contributed by atoms with van der Waals surface area (Å²) in [6.07, 6.45) is 0. The van der Waals surface area contributed by atoms with E-state index in [0.717, 1.165) is 0 Å². The van der Waals surface area contributed by atoms with E-state index >= 15 is 0 Å². The zero-order valence-corrected chi connectivity index (χ0v) is 24.2. The van der Waals surface area contributed by atoms with Gasteiger partial charge in [0.15, 0.2) is 0 Å². The number of urea groups is 1. The van der Waals surface area contributed by atoms with Crippen molar-refractivity contribution in [3.63, 3.8) is 0 Å². The van der Waals surface area contributed by atoms with E-state index in [-0.39, 0.29) is 5.54 Å². The SMILES string of the molecule is C[Si](C)(C)C(CNC(N)=O)C(C(N)(C(=O)O)[Si](C)(C)C)([Si](C)(C)C)[Si](C)(C)C. The Morgan fingerprint density at radius 3 is 1.39 bits per heavy atom. The Morgan fingerprint density at radius 2 is 1.21 bits per heavy atom. The third-order valence-corrected chi connectivity index (χ3v) is 24.1. The molecule has 10 heteroatoms. The van der Waals surface area contributed by atoms with Crippen LogP contribution in [-0.2, 0) is 4.79 Å². The Hall–Kier alpha value is -0.432. The first kappa shape index (κ1) is 27.6. The Labute approximate surface area is 176 Å². The zero-order chi connectivity index (χ0) is 23.1. The molecule has 0 aromatic carbocycles. The van der Waals surface area contributed by atoms with Gasteiger partial charge in [0, 0.05) is 14.6 Å². The van der Waals surface area contributed by atoms with Gasteiger partial charge >= 0.3 is 12.0 Å². The number of rotatable bonds is 9. The minimum absolute atomic E-state index is 0.0265. The van der Waals surface area contributed by atoms with Crippen LogP contribution in [0.3, 0.4) is 0 Å². The maximum atomic E-state index is 13.0. The van der Waals surface area contributed by atoms with Gasteiger partial charge in [-0.15, -0.1) is 0 Å². The largest absolute Gasteiger partial charge is 0.480 e. The highest BCUT2D eigenvalue weighted by Gasteiger charge is 2.73. The van der Waals surface area contributed by atoms with E-state index in [1.807, 2.05) is 0 Å². The summed E-state index contributed by atoms with van der Waals surface area (Å²) in [6.45, 7) is 27.1. The van der Waals surface area contributed by atoms with Crippen molar-refractivity contribution in [1.82, 2.24) is 5.32 Å². The topological polar surface area (TPSA) is 118 Å². The van der Waals surface area contributed by atoms with Gasteiger partial charge in [-0.1, -0.05) is 78.6 Å². The van der Waals surface area contributed by atoms with Crippen molar-refractivity contribution in [3.8, 4) is 0 Å². The number of primary amides is 1. The quantitative estimate of drug-likeness (QED) is 0.387. The highest BCUT2D eigenvalue weighted by molar-refractivity contribution is 7.05. The highest BCUT2D eigenvalue weighted by atomic mass is 28.4. The standard InChI is InChI=1S/C18H45N3O3Si4/c1-25(2,3)14(13-21-16(19)24)18(27(7,8)9,28(10,11)12)17(20,15(22)23)26(4,5)6/h14H,13,20H2,1-12H3,(H,22,23)(H3,19,21,24). The molecule has 0 aliphatic heterocycles. The molecule has 0 aromatic heterocycles. The second-order valence-corrected chi connectivity index (χ2v) is 34.1. The summed E-state index contributed by atoms with van der Waals surface area (Å²) < 4.78 is -0.518. The third-order valence-electron chi connectivity index (χ3n) is 6.56. The summed E-state index contributed by atoms with van der Waals surface area (Å²) in [7, 11) is -8.75. The van der Waals surface area contributed by atoms with Gasteiger partial charge in [0.25, 0.3) is 0 Å². The van der Waals surface area contributed by atoms with Gasteiger partial charge in [-0.25, -0.2) is 4.79 Å². The maximum absolute atomic E-state index is 13.0. The summed E-state index contributed by atoms with van der Waals surface area (Å²) in [6, 6.07) is -0.561. The molecular weight excluding hydrogens is 419 g/mol. The number of carbonyl (C=O) groups excluding carboxylic acids is 1. The van der Waals surface area contributed by atoms with Crippen molar-refractivity contribution in [1.29, 1.82) is 0 Å². The number of hydrogen-bond acceptors (Lipinski definition) is 3. The molecule has 2 atom stereocenters. The van der Waals surface area contributed by atoms with Gasteiger partial charge < -0.3 is 21.9 Å². The van der Waals surface area contributed by atoms with Crippen molar-refractivity contribution < 1.29 is 14.7 Å². The number of carboxylic acids is 1. The maximum Gasteiger partial charge on any atom is 0.320 e. The number of nitrogens with two attached hydrogens (primary N) is 2. The lowest BCUT2D eigenvalue weighted by Crippen LogP contribution is -2.83. The number of carbonyl (C=O) groups is 2. The van der Waals surface area contributed by atoms with E-state index in [0.29, 0.717) is 6.54 Å². The number of carboxylic acid groups (broad SMARTS) is 1. The summed E-state index contributed by atoms with van der Waals surface area (Å²) >= 11 is 0. The van der Waals surface area contributed by atoms with Crippen LogP contribution in [0.25, 0.3) is 0 Å². The Morgan fingerprint density at radius 1 is 0.857 bits per heavy atom. The van der Waals surface area contributed by atoms with Crippen molar-refractivity contribution in [2.45, 2.75) is 93.9 Å². The van der Waals surface area contributed by atoms with Crippen LogP contribution in [0, 0.1) is 0 Å². The molecule has 0 heterocycles. The summed E-state index contributed by atoms with van der Waals surface area (Å²) in [4.78, 5) is 24.7. The van der Waals surface area contributed by atoms with E-state index in [2.05, 4.69) is 83.9 Å². The average molecular weight is 464 g/mol. The van der Waals surface area contributed by atoms with Gasteiger partial charge in [0.1, 0.15) is 5.16 Å². The third kappa shape index (κ3) is 4.50. The Bertz CT molecular complexity index is 587. The molecule has 0 aliphatic rings. The second kappa shape index (κ2) is 8.01. The molecule has 2 unspecified atom stereocenters. The Balaban J connectivity index is 7.60. The van der Waals surface area contributed by atoms with E-state index in [1.54, 1.807) is 0 Å². The van der Waals surface area contributed by atoms with Crippen LogP contribution in [0.4, 0.5) is 4.79 Å². The van der Waals surface area contributed by atoms with E-state index < -0.39 is 54.1 Å². The van der Waals surface area contributed by atoms with Crippen LogP contribution in [0.15, 0.2) is 0 Å². The molecule has 0 aromatic rings. The minimum Gasteiger partial charge on any atom is -0.480 e. The number of aliphatic carboxylic acids is 1. The monoisotopic (exact) mass is 463 g/mol. The fraction of sp³-hybridized carbons (Fsp3) is 0.889. The van der Waals surface area contributed by atoms with Crippen molar-refractivity contribution in [3.05, 3.63) is 0 Å². The molecule has 28 heavy (non-hydrogen) atoms. The lowest BCUT2D eigenvalue weighted by molar-refractivity contribution is -0.141. The highest BCUT2D eigenvalue weighted by Crippen LogP contribution is 2.65. The molecule has 0 saturated heterocycles.